The molecule has 0 bridgehead atoms. The largest absolute Gasteiger partial charge is 0.378 e. The maximum atomic E-state index is 12.7. The molecule has 0 aliphatic heterocycles. The number of benzene rings is 2. The van der Waals surface area contributed by atoms with Gasteiger partial charge in [-0.1, -0.05) is 56.3 Å². The molecular formula is C21H26N4O4. The topological polar surface area (TPSA) is 113 Å². The second-order valence-electron chi connectivity index (χ2n) is 7.00. The molecule has 29 heavy (non-hydrogen) atoms. The number of carbonyl (C=O) groups is 2. The van der Waals surface area contributed by atoms with Crippen LogP contribution in [0.3, 0.4) is 0 Å². The number of nitrogens with zero attached hydrogens (tertiary/aromatic N) is 1. The van der Waals surface area contributed by atoms with E-state index in [2.05, 4.69) is 16.0 Å². The van der Waals surface area contributed by atoms with Crippen molar-refractivity contribution >= 4 is 23.2 Å². The summed E-state index contributed by atoms with van der Waals surface area (Å²) in [4.78, 5) is 35.5. The molecule has 2 rings (SSSR count). The molecule has 8 heteroatoms. The Bertz CT molecular complexity index is 840. The van der Waals surface area contributed by atoms with Gasteiger partial charge in [0.25, 0.3) is 5.69 Å². The molecule has 2 amide bonds. The fourth-order valence-corrected chi connectivity index (χ4v) is 2.80. The normalized spacial score (nSPS) is 11.6. The zero-order valence-corrected chi connectivity index (χ0v) is 16.6. The van der Waals surface area contributed by atoms with Crippen molar-refractivity contribution in [3.8, 4) is 0 Å². The molecule has 0 fully saturated rings. The lowest BCUT2D eigenvalue weighted by Gasteiger charge is -2.19. The van der Waals surface area contributed by atoms with Crippen LogP contribution in [0.5, 0.6) is 0 Å². The van der Waals surface area contributed by atoms with Gasteiger partial charge in [-0.3, -0.25) is 19.7 Å². The third-order valence-corrected chi connectivity index (χ3v) is 4.13. The highest BCUT2D eigenvalue weighted by Gasteiger charge is 2.22. The van der Waals surface area contributed by atoms with Crippen LogP contribution in [0.4, 0.5) is 11.4 Å². The lowest BCUT2D eigenvalue weighted by Crippen LogP contribution is -2.42. The molecule has 0 aromatic heterocycles. The molecule has 0 saturated carbocycles. The predicted molar refractivity (Wildman–Crippen MR) is 111 cm³/mol. The fourth-order valence-electron chi connectivity index (χ4n) is 2.80. The van der Waals surface area contributed by atoms with Gasteiger partial charge in [-0.25, -0.2) is 0 Å². The number of amides is 2. The molecule has 0 aliphatic rings. The Morgan fingerprint density at radius 2 is 1.66 bits per heavy atom. The first-order valence-corrected chi connectivity index (χ1v) is 9.47. The summed E-state index contributed by atoms with van der Waals surface area (Å²) in [5.74, 6) is -0.347. The van der Waals surface area contributed by atoms with Gasteiger partial charge in [0, 0.05) is 25.6 Å². The Morgan fingerprint density at radius 3 is 2.31 bits per heavy atom. The maximum Gasteiger partial charge on any atom is 0.292 e. The Kier molecular flexibility index (Phi) is 8.14. The smallest absolute Gasteiger partial charge is 0.292 e. The summed E-state index contributed by atoms with van der Waals surface area (Å²) in [6.07, 6.45) is 0.329. The van der Waals surface area contributed by atoms with Crippen LogP contribution in [-0.4, -0.2) is 29.8 Å². The zero-order valence-electron chi connectivity index (χ0n) is 16.6. The zero-order chi connectivity index (χ0) is 21.2. The minimum absolute atomic E-state index is 0.0260. The minimum Gasteiger partial charge on any atom is -0.378 e. The van der Waals surface area contributed by atoms with Gasteiger partial charge in [-0.15, -0.1) is 0 Å². The second kappa shape index (κ2) is 10.8. The van der Waals surface area contributed by atoms with Crippen LogP contribution in [0.25, 0.3) is 0 Å². The van der Waals surface area contributed by atoms with E-state index in [9.17, 15) is 19.7 Å². The van der Waals surface area contributed by atoms with E-state index in [1.54, 1.807) is 42.5 Å². The minimum atomic E-state index is -0.798. The summed E-state index contributed by atoms with van der Waals surface area (Å²) in [6.45, 7) is 4.42. The first-order chi connectivity index (χ1) is 13.9. The number of para-hydroxylation sites is 2. The van der Waals surface area contributed by atoms with Crippen molar-refractivity contribution in [2.75, 3.05) is 18.4 Å². The number of hydrogen-bond acceptors (Lipinski definition) is 5. The van der Waals surface area contributed by atoms with Crippen molar-refractivity contribution in [1.82, 2.24) is 10.6 Å². The van der Waals surface area contributed by atoms with Crippen LogP contribution in [-0.2, 0) is 9.59 Å². The Balaban J connectivity index is 1.96. The Labute approximate surface area is 169 Å². The van der Waals surface area contributed by atoms with Crippen molar-refractivity contribution in [2.45, 2.75) is 26.3 Å². The quantitative estimate of drug-likeness (QED) is 0.323. The molecule has 0 aliphatic carbocycles. The van der Waals surface area contributed by atoms with Crippen molar-refractivity contribution in [1.29, 1.82) is 0 Å². The average Bonchev–Trinajstić information content (AvgIpc) is 2.69. The Hall–Kier alpha value is -3.42. The highest BCUT2D eigenvalue weighted by Crippen LogP contribution is 2.22. The van der Waals surface area contributed by atoms with E-state index in [4.69, 9.17) is 0 Å². The van der Waals surface area contributed by atoms with Crippen molar-refractivity contribution in [3.05, 3.63) is 70.3 Å². The van der Waals surface area contributed by atoms with Crippen LogP contribution < -0.4 is 16.0 Å². The number of carbonyl (C=O) groups excluding carboxylic acids is 2. The lowest BCUT2D eigenvalue weighted by molar-refractivity contribution is -0.384. The summed E-state index contributed by atoms with van der Waals surface area (Å²) in [5.41, 5.74) is 1.05. The van der Waals surface area contributed by atoms with Gasteiger partial charge in [0.05, 0.1) is 4.92 Å². The summed E-state index contributed by atoms with van der Waals surface area (Å²) in [7, 11) is 0. The molecular weight excluding hydrogens is 372 g/mol. The summed E-state index contributed by atoms with van der Waals surface area (Å²) in [6, 6.07) is 14.5. The number of hydrogen-bond donors (Lipinski definition) is 3. The summed E-state index contributed by atoms with van der Waals surface area (Å²) < 4.78 is 0. The molecule has 3 N–H and O–H groups in total. The highest BCUT2D eigenvalue weighted by atomic mass is 16.6. The van der Waals surface area contributed by atoms with Gasteiger partial charge in [-0.2, -0.15) is 0 Å². The molecule has 1 unspecified atom stereocenters. The van der Waals surface area contributed by atoms with E-state index in [1.165, 1.54) is 6.07 Å². The molecule has 2 aromatic rings. The van der Waals surface area contributed by atoms with Gasteiger partial charge in [0.2, 0.25) is 11.8 Å². The molecule has 154 valence electrons. The van der Waals surface area contributed by atoms with Crippen molar-refractivity contribution in [3.63, 3.8) is 0 Å². The third-order valence-electron chi connectivity index (χ3n) is 4.13. The van der Waals surface area contributed by atoms with Crippen molar-refractivity contribution in [2.24, 2.45) is 5.92 Å². The van der Waals surface area contributed by atoms with E-state index in [0.717, 1.165) is 0 Å². The number of nitro benzene ring substituents is 1. The third kappa shape index (κ3) is 6.91. The van der Waals surface area contributed by atoms with Crippen LogP contribution >= 0.6 is 0 Å². The SMILES string of the molecule is CC(C)CC(=O)NC(C(=O)NCCNc1ccccc1[N+](=O)[O-])c1ccccc1. The van der Waals surface area contributed by atoms with Crippen LogP contribution in [0.2, 0.25) is 0 Å². The van der Waals surface area contributed by atoms with Crippen LogP contribution in [0.15, 0.2) is 54.6 Å². The van der Waals surface area contributed by atoms with Crippen LogP contribution in [0, 0.1) is 16.0 Å². The molecule has 0 saturated heterocycles. The first kappa shape index (κ1) is 21.9. The van der Waals surface area contributed by atoms with E-state index in [0.29, 0.717) is 24.2 Å². The number of nitrogens with one attached hydrogen (secondary N) is 3. The Morgan fingerprint density at radius 1 is 1.00 bits per heavy atom. The second-order valence-corrected chi connectivity index (χ2v) is 7.00. The highest BCUT2D eigenvalue weighted by molar-refractivity contribution is 5.88. The molecule has 0 radical (unpaired) electrons. The number of anilines is 1. The van der Waals surface area contributed by atoms with E-state index < -0.39 is 11.0 Å². The molecule has 0 heterocycles. The summed E-state index contributed by atoms with van der Waals surface area (Å²) >= 11 is 0. The molecule has 1 atom stereocenters. The summed E-state index contributed by atoms with van der Waals surface area (Å²) in [5, 5.41) is 19.6. The van der Waals surface area contributed by atoms with E-state index in [-0.39, 0.29) is 30.0 Å². The number of rotatable bonds is 10. The number of nitro groups is 1. The van der Waals surface area contributed by atoms with Gasteiger partial charge in [0.15, 0.2) is 0 Å². The van der Waals surface area contributed by atoms with Crippen LogP contribution in [0.1, 0.15) is 31.9 Å². The maximum absolute atomic E-state index is 12.7. The van der Waals surface area contributed by atoms with Gasteiger partial charge >= 0.3 is 0 Å². The molecule has 8 nitrogen and oxygen atoms in total. The van der Waals surface area contributed by atoms with E-state index >= 15 is 0 Å². The fraction of sp³-hybridized carbons (Fsp3) is 0.333. The van der Waals surface area contributed by atoms with Gasteiger partial charge < -0.3 is 16.0 Å². The van der Waals surface area contributed by atoms with Crippen molar-refractivity contribution < 1.29 is 14.5 Å². The van der Waals surface area contributed by atoms with Gasteiger partial charge in [-0.05, 0) is 17.5 Å². The lowest BCUT2D eigenvalue weighted by atomic mass is 10.0. The predicted octanol–water partition coefficient (Wildman–Crippen LogP) is 3.03. The van der Waals surface area contributed by atoms with E-state index in [1.807, 2.05) is 19.9 Å². The first-order valence-electron chi connectivity index (χ1n) is 9.47. The molecule has 0 spiro atoms. The average molecular weight is 398 g/mol. The monoisotopic (exact) mass is 398 g/mol. The van der Waals surface area contributed by atoms with Gasteiger partial charge in [0.1, 0.15) is 11.7 Å². The molecule has 2 aromatic carbocycles. The standard InChI is InChI=1S/C21H26N4O4/c1-15(2)14-19(26)24-20(16-8-4-3-5-9-16)21(27)23-13-12-22-17-10-6-7-11-18(17)25(28)29/h3-11,15,20,22H,12-14H2,1-2H3,(H,23,27)(H,24,26).